The van der Waals surface area contributed by atoms with Crippen molar-refractivity contribution in [3.63, 3.8) is 0 Å². The molecule has 0 bridgehead atoms. The van der Waals surface area contributed by atoms with Crippen LogP contribution in [0.2, 0.25) is 5.02 Å². The van der Waals surface area contributed by atoms with E-state index in [1.165, 1.54) is 11.1 Å². The molecular formula is C15H13Cl2N3. The van der Waals surface area contributed by atoms with Crippen LogP contribution >= 0.6 is 23.2 Å². The number of hydrogen-bond donors (Lipinski definition) is 0. The van der Waals surface area contributed by atoms with E-state index in [-0.39, 0.29) is 0 Å². The number of fused-ring (bicyclic) bond motifs is 1. The number of benzene rings is 1. The molecule has 0 N–H and O–H groups in total. The van der Waals surface area contributed by atoms with Crippen LogP contribution in [0.4, 0.5) is 0 Å². The van der Waals surface area contributed by atoms with Crippen molar-refractivity contribution in [2.75, 3.05) is 0 Å². The highest BCUT2D eigenvalue weighted by Gasteiger charge is 2.12. The minimum atomic E-state index is 0.347. The van der Waals surface area contributed by atoms with Crippen LogP contribution in [0.5, 0.6) is 0 Å². The summed E-state index contributed by atoms with van der Waals surface area (Å²) in [5.74, 6) is 1.15. The molecule has 5 heteroatoms. The third kappa shape index (κ3) is 2.51. The van der Waals surface area contributed by atoms with Gasteiger partial charge in [0.25, 0.3) is 0 Å². The van der Waals surface area contributed by atoms with Gasteiger partial charge in [-0.15, -0.1) is 11.6 Å². The van der Waals surface area contributed by atoms with Crippen LogP contribution in [-0.4, -0.2) is 14.5 Å². The summed E-state index contributed by atoms with van der Waals surface area (Å²) in [4.78, 5) is 8.86. The van der Waals surface area contributed by atoms with Gasteiger partial charge in [-0.05, 0) is 18.6 Å². The maximum Gasteiger partial charge on any atom is 0.160 e. The first-order valence-electron chi connectivity index (χ1n) is 6.29. The Labute approximate surface area is 127 Å². The molecule has 0 aliphatic rings. The van der Waals surface area contributed by atoms with Crippen molar-refractivity contribution in [1.29, 1.82) is 0 Å². The SMILES string of the molecule is Cc1ccc(Cn2c(CCl)nc3cc(Cl)cnc32)cc1. The summed E-state index contributed by atoms with van der Waals surface area (Å²) in [5.41, 5.74) is 4.02. The summed E-state index contributed by atoms with van der Waals surface area (Å²) in [6.45, 7) is 2.78. The Bertz CT molecular complexity index is 748. The van der Waals surface area contributed by atoms with Crippen LogP contribution in [0, 0.1) is 6.92 Å². The van der Waals surface area contributed by atoms with Gasteiger partial charge in [0.1, 0.15) is 11.3 Å². The normalized spacial score (nSPS) is 11.2. The molecule has 3 aromatic rings. The molecule has 0 unspecified atom stereocenters. The summed E-state index contributed by atoms with van der Waals surface area (Å²) in [6, 6.07) is 10.2. The first-order chi connectivity index (χ1) is 9.67. The second-order valence-electron chi connectivity index (χ2n) is 4.73. The lowest BCUT2D eigenvalue weighted by atomic mass is 10.1. The number of nitrogens with zero attached hydrogens (tertiary/aromatic N) is 3. The second kappa shape index (κ2) is 5.43. The zero-order valence-electron chi connectivity index (χ0n) is 11.0. The highest BCUT2D eigenvalue weighted by Crippen LogP contribution is 2.20. The van der Waals surface area contributed by atoms with Crippen molar-refractivity contribution in [2.24, 2.45) is 0 Å². The van der Waals surface area contributed by atoms with Crippen LogP contribution in [0.25, 0.3) is 11.2 Å². The Balaban J connectivity index is 2.07. The Morgan fingerprint density at radius 2 is 1.95 bits per heavy atom. The number of rotatable bonds is 3. The van der Waals surface area contributed by atoms with E-state index in [1.54, 1.807) is 6.20 Å². The topological polar surface area (TPSA) is 30.7 Å². The molecule has 0 fully saturated rings. The molecule has 102 valence electrons. The summed E-state index contributed by atoms with van der Waals surface area (Å²) in [5, 5.41) is 0.582. The van der Waals surface area contributed by atoms with E-state index in [0.717, 1.165) is 17.0 Å². The van der Waals surface area contributed by atoms with Crippen LogP contribution in [0.3, 0.4) is 0 Å². The summed E-state index contributed by atoms with van der Waals surface area (Å²) >= 11 is 11.9. The van der Waals surface area contributed by atoms with E-state index in [0.29, 0.717) is 17.4 Å². The van der Waals surface area contributed by atoms with Gasteiger partial charge < -0.3 is 4.57 Å². The number of aryl methyl sites for hydroxylation is 1. The molecule has 0 spiro atoms. The first kappa shape index (κ1) is 13.4. The fraction of sp³-hybridized carbons (Fsp3) is 0.200. The molecule has 3 nitrogen and oxygen atoms in total. The zero-order chi connectivity index (χ0) is 14.1. The first-order valence-corrected chi connectivity index (χ1v) is 7.21. The average molecular weight is 306 g/mol. The third-order valence-corrected chi connectivity index (χ3v) is 3.66. The minimum Gasteiger partial charge on any atom is -0.307 e. The number of imidazole rings is 1. The van der Waals surface area contributed by atoms with E-state index in [2.05, 4.69) is 41.2 Å². The minimum absolute atomic E-state index is 0.347. The smallest absolute Gasteiger partial charge is 0.160 e. The fourth-order valence-electron chi connectivity index (χ4n) is 2.18. The Hall–Kier alpha value is -1.58. The van der Waals surface area contributed by atoms with E-state index >= 15 is 0 Å². The lowest BCUT2D eigenvalue weighted by molar-refractivity contribution is 0.770. The fourth-order valence-corrected chi connectivity index (χ4v) is 2.53. The molecule has 20 heavy (non-hydrogen) atoms. The lowest BCUT2D eigenvalue weighted by Gasteiger charge is -2.07. The van der Waals surface area contributed by atoms with Gasteiger partial charge in [0.2, 0.25) is 0 Å². The molecule has 0 radical (unpaired) electrons. The highest BCUT2D eigenvalue weighted by atomic mass is 35.5. The molecule has 2 aromatic heterocycles. The van der Waals surface area contributed by atoms with Gasteiger partial charge in [-0.1, -0.05) is 41.4 Å². The van der Waals surface area contributed by atoms with Gasteiger partial charge in [0.15, 0.2) is 5.65 Å². The summed E-state index contributed by atoms with van der Waals surface area (Å²) < 4.78 is 2.03. The van der Waals surface area contributed by atoms with E-state index in [9.17, 15) is 0 Å². The number of pyridine rings is 1. The average Bonchev–Trinajstić information content (AvgIpc) is 2.78. The van der Waals surface area contributed by atoms with Gasteiger partial charge in [-0.2, -0.15) is 0 Å². The molecule has 2 heterocycles. The summed E-state index contributed by atoms with van der Waals surface area (Å²) in [6.07, 6.45) is 1.63. The number of aromatic nitrogens is 3. The molecule has 0 atom stereocenters. The second-order valence-corrected chi connectivity index (χ2v) is 5.43. The van der Waals surface area contributed by atoms with Crippen molar-refractivity contribution in [3.05, 3.63) is 58.5 Å². The van der Waals surface area contributed by atoms with Gasteiger partial charge in [0.05, 0.1) is 17.4 Å². The number of halogens is 2. The molecule has 0 amide bonds. The zero-order valence-corrected chi connectivity index (χ0v) is 12.5. The van der Waals surface area contributed by atoms with Gasteiger partial charge in [-0.25, -0.2) is 9.97 Å². The van der Waals surface area contributed by atoms with Crippen LogP contribution in [0.15, 0.2) is 36.5 Å². The Morgan fingerprint density at radius 3 is 2.65 bits per heavy atom. The summed E-state index contributed by atoms with van der Waals surface area (Å²) in [7, 11) is 0. The Morgan fingerprint density at radius 1 is 1.20 bits per heavy atom. The van der Waals surface area contributed by atoms with Crippen LogP contribution < -0.4 is 0 Å². The number of alkyl halides is 1. The molecular weight excluding hydrogens is 293 g/mol. The van der Waals surface area contributed by atoms with Crippen LogP contribution in [0.1, 0.15) is 17.0 Å². The van der Waals surface area contributed by atoms with Crippen molar-refractivity contribution < 1.29 is 0 Å². The maximum absolute atomic E-state index is 5.99. The van der Waals surface area contributed by atoms with Crippen molar-refractivity contribution in [2.45, 2.75) is 19.3 Å². The standard InChI is InChI=1S/C15H13Cl2N3/c1-10-2-4-11(5-3-10)9-20-14(7-16)19-13-6-12(17)8-18-15(13)20/h2-6,8H,7,9H2,1H3. The predicted molar refractivity (Wildman–Crippen MR) is 82.4 cm³/mol. The number of hydrogen-bond acceptors (Lipinski definition) is 2. The quantitative estimate of drug-likeness (QED) is 0.680. The largest absolute Gasteiger partial charge is 0.307 e. The Kier molecular flexibility index (Phi) is 3.64. The van der Waals surface area contributed by atoms with E-state index in [4.69, 9.17) is 23.2 Å². The molecule has 0 saturated heterocycles. The maximum atomic E-state index is 5.99. The van der Waals surface area contributed by atoms with Gasteiger partial charge >= 0.3 is 0 Å². The van der Waals surface area contributed by atoms with Crippen molar-refractivity contribution in [3.8, 4) is 0 Å². The molecule has 0 saturated carbocycles. The monoisotopic (exact) mass is 305 g/mol. The third-order valence-electron chi connectivity index (χ3n) is 3.21. The van der Waals surface area contributed by atoms with E-state index in [1.807, 2.05) is 10.6 Å². The van der Waals surface area contributed by atoms with Crippen molar-refractivity contribution in [1.82, 2.24) is 14.5 Å². The molecule has 3 rings (SSSR count). The van der Waals surface area contributed by atoms with E-state index < -0.39 is 0 Å². The molecule has 1 aromatic carbocycles. The lowest BCUT2D eigenvalue weighted by Crippen LogP contribution is -2.04. The molecule has 0 aliphatic carbocycles. The highest BCUT2D eigenvalue weighted by molar-refractivity contribution is 6.31. The van der Waals surface area contributed by atoms with Gasteiger partial charge in [-0.3, -0.25) is 0 Å². The van der Waals surface area contributed by atoms with Crippen LogP contribution in [-0.2, 0) is 12.4 Å². The van der Waals surface area contributed by atoms with Gasteiger partial charge in [0, 0.05) is 6.20 Å². The van der Waals surface area contributed by atoms with Crippen molar-refractivity contribution >= 4 is 34.4 Å². The molecule has 0 aliphatic heterocycles. The predicted octanol–water partition coefficient (Wildman–Crippen LogP) is 4.18.